The second kappa shape index (κ2) is 15.1. The Kier molecular flexibility index (Phi) is 11.7. The van der Waals surface area contributed by atoms with Crippen LogP contribution in [0.1, 0.15) is 103 Å². The Bertz CT molecular complexity index is 760. The summed E-state index contributed by atoms with van der Waals surface area (Å²) >= 11 is 0. The summed E-state index contributed by atoms with van der Waals surface area (Å²) < 4.78 is 11.6. The number of ether oxygens (including phenoxy) is 2. The highest BCUT2D eigenvalue weighted by atomic mass is 16.6. The van der Waals surface area contributed by atoms with Gasteiger partial charge in [0.05, 0.1) is 6.10 Å². The molecule has 33 heavy (non-hydrogen) atoms. The number of hydrogen-bond acceptors (Lipinski definition) is 4. The summed E-state index contributed by atoms with van der Waals surface area (Å²) in [6.07, 6.45) is 23.0. The number of aryl methyl sites for hydroxylation is 1. The first-order chi connectivity index (χ1) is 16.3. The summed E-state index contributed by atoms with van der Waals surface area (Å²) in [5, 5.41) is 0. The largest absolute Gasteiger partial charge is 0.491 e. The minimum atomic E-state index is 0.266. The van der Waals surface area contributed by atoms with E-state index < -0.39 is 0 Å². The Balaban J connectivity index is 1.29. The molecule has 0 unspecified atom stereocenters. The molecular formula is C29H44N2O2. The van der Waals surface area contributed by atoms with Crippen molar-refractivity contribution in [3.8, 4) is 17.1 Å². The average Bonchev–Trinajstić information content (AvgIpc) is 3.61. The van der Waals surface area contributed by atoms with E-state index in [-0.39, 0.29) is 6.10 Å². The second-order valence-electron chi connectivity index (χ2n) is 9.54. The van der Waals surface area contributed by atoms with Gasteiger partial charge in [0.15, 0.2) is 5.82 Å². The zero-order valence-corrected chi connectivity index (χ0v) is 20.9. The van der Waals surface area contributed by atoms with Crippen molar-refractivity contribution in [2.24, 2.45) is 0 Å². The van der Waals surface area contributed by atoms with Crippen LogP contribution >= 0.6 is 0 Å². The lowest BCUT2D eigenvalue weighted by atomic mass is 10.0. The molecule has 0 spiro atoms. The summed E-state index contributed by atoms with van der Waals surface area (Å²) in [4.78, 5) is 9.19. The summed E-state index contributed by atoms with van der Waals surface area (Å²) in [7, 11) is 0. The van der Waals surface area contributed by atoms with Crippen molar-refractivity contribution in [2.45, 2.75) is 116 Å². The van der Waals surface area contributed by atoms with Gasteiger partial charge < -0.3 is 9.47 Å². The molecule has 1 aliphatic rings. The molecule has 0 radical (unpaired) electrons. The quantitative estimate of drug-likeness (QED) is 0.170. The number of epoxide rings is 1. The lowest BCUT2D eigenvalue weighted by molar-refractivity contribution is 0.259. The molecule has 4 heteroatoms. The smallest absolute Gasteiger partial charge is 0.159 e. The molecule has 1 aromatic carbocycles. The lowest BCUT2D eigenvalue weighted by Gasteiger charge is -2.06. The topological polar surface area (TPSA) is 47.5 Å². The van der Waals surface area contributed by atoms with Crippen LogP contribution in [0.25, 0.3) is 11.4 Å². The molecule has 1 aliphatic heterocycles. The molecule has 182 valence electrons. The SMILES string of the molecule is CCCCCCCCCCCCc1cnc(-c2ccc(OC[C@@H]3O[C@H]3CCCC)cc2)nc1. The van der Waals surface area contributed by atoms with Crippen molar-refractivity contribution < 1.29 is 9.47 Å². The van der Waals surface area contributed by atoms with Crippen molar-refractivity contribution in [1.29, 1.82) is 0 Å². The van der Waals surface area contributed by atoms with Crippen LogP contribution in [0.2, 0.25) is 0 Å². The molecule has 0 saturated carbocycles. The van der Waals surface area contributed by atoms with E-state index in [4.69, 9.17) is 9.47 Å². The van der Waals surface area contributed by atoms with E-state index in [1.807, 2.05) is 36.7 Å². The van der Waals surface area contributed by atoms with Gasteiger partial charge in [-0.1, -0.05) is 84.5 Å². The number of aromatic nitrogens is 2. The normalized spacial score (nSPS) is 17.3. The van der Waals surface area contributed by atoms with Gasteiger partial charge in [-0.15, -0.1) is 0 Å². The van der Waals surface area contributed by atoms with Crippen molar-refractivity contribution in [1.82, 2.24) is 9.97 Å². The van der Waals surface area contributed by atoms with Gasteiger partial charge in [-0.05, 0) is 49.1 Å². The highest BCUT2D eigenvalue weighted by Crippen LogP contribution is 2.28. The van der Waals surface area contributed by atoms with Crippen molar-refractivity contribution >= 4 is 0 Å². The fourth-order valence-corrected chi connectivity index (χ4v) is 4.31. The number of unbranched alkanes of at least 4 members (excludes halogenated alkanes) is 10. The van der Waals surface area contributed by atoms with Gasteiger partial charge in [0.2, 0.25) is 0 Å². The molecule has 4 nitrogen and oxygen atoms in total. The average molecular weight is 453 g/mol. The minimum Gasteiger partial charge on any atom is -0.491 e. The first-order valence-corrected chi connectivity index (χ1v) is 13.5. The highest BCUT2D eigenvalue weighted by molar-refractivity contribution is 5.55. The lowest BCUT2D eigenvalue weighted by Crippen LogP contribution is -2.07. The van der Waals surface area contributed by atoms with Crippen LogP contribution in [-0.4, -0.2) is 28.8 Å². The van der Waals surface area contributed by atoms with Crippen LogP contribution in [0.5, 0.6) is 5.75 Å². The van der Waals surface area contributed by atoms with E-state index >= 15 is 0 Å². The highest BCUT2D eigenvalue weighted by Gasteiger charge is 2.38. The summed E-state index contributed by atoms with van der Waals surface area (Å²) in [5.41, 5.74) is 2.26. The molecular weight excluding hydrogens is 408 g/mol. The van der Waals surface area contributed by atoms with Crippen LogP contribution in [0, 0.1) is 0 Å². The Hall–Kier alpha value is -1.94. The molecule has 0 aliphatic carbocycles. The van der Waals surface area contributed by atoms with Gasteiger partial charge in [-0.2, -0.15) is 0 Å². The first-order valence-electron chi connectivity index (χ1n) is 13.5. The maximum absolute atomic E-state index is 5.89. The van der Waals surface area contributed by atoms with Gasteiger partial charge in [0.25, 0.3) is 0 Å². The van der Waals surface area contributed by atoms with Crippen LogP contribution < -0.4 is 4.74 Å². The van der Waals surface area contributed by atoms with Crippen LogP contribution in [-0.2, 0) is 11.2 Å². The predicted octanol–water partition coefficient (Wildman–Crippen LogP) is 7.94. The zero-order chi connectivity index (χ0) is 23.1. The van der Waals surface area contributed by atoms with Gasteiger partial charge in [0.1, 0.15) is 18.5 Å². The zero-order valence-electron chi connectivity index (χ0n) is 20.9. The standard InChI is InChI=1S/C29H44N2O2/c1-3-5-7-8-9-10-11-12-13-14-15-24-21-30-29(31-22-24)25-17-19-26(20-18-25)32-23-28-27(33-28)16-6-4-2/h17-22,27-28H,3-16,23H2,1-2H3/t27-,28-/m0/s1. The number of nitrogens with zero attached hydrogens (tertiary/aromatic N) is 2. The summed E-state index contributed by atoms with van der Waals surface area (Å²) in [6, 6.07) is 8.07. The van der Waals surface area contributed by atoms with Crippen molar-refractivity contribution in [2.75, 3.05) is 6.61 Å². The van der Waals surface area contributed by atoms with Gasteiger partial charge in [0, 0.05) is 18.0 Å². The third-order valence-electron chi connectivity index (χ3n) is 6.58. The molecule has 0 amide bonds. The van der Waals surface area contributed by atoms with E-state index in [0.717, 1.165) is 30.0 Å². The fraction of sp³-hybridized carbons (Fsp3) is 0.655. The molecule has 2 heterocycles. The minimum absolute atomic E-state index is 0.266. The number of rotatable bonds is 18. The van der Waals surface area contributed by atoms with Crippen LogP contribution in [0.4, 0.5) is 0 Å². The van der Waals surface area contributed by atoms with Crippen molar-refractivity contribution in [3.05, 3.63) is 42.2 Å². The van der Waals surface area contributed by atoms with Crippen LogP contribution in [0.3, 0.4) is 0 Å². The maximum Gasteiger partial charge on any atom is 0.159 e. The third kappa shape index (κ3) is 9.83. The Morgan fingerprint density at radius 1 is 0.727 bits per heavy atom. The van der Waals surface area contributed by atoms with Gasteiger partial charge >= 0.3 is 0 Å². The summed E-state index contributed by atoms with van der Waals surface area (Å²) in [5.74, 6) is 1.65. The monoisotopic (exact) mass is 452 g/mol. The van der Waals surface area contributed by atoms with E-state index in [9.17, 15) is 0 Å². The molecule has 1 saturated heterocycles. The molecule has 0 bridgehead atoms. The Morgan fingerprint density at radius 2 is 1.33 bits per heavy atom. The van der Waals surface area contributed by atoms with E-state index in [1.54, 1.807) is 0 Å². The number of benzene rings is 1. The number of hydrogen-bond donors (Lipinski definition) is 0. The van der Waals surface area contributed by atoms with E-state index in [1.165, 1.54) is 82.6 Å². The molecule has 1 aromatic heterocycles. The summed E-state index contributed by atoms with van der Waals surface area (Å²) in [6.45, 7) is 5.13. The molecule has 1 fully saturated rings. The maximum atomic E-state index is 5.89. The Morgan fingerprint density at radius 3 is 1.97 bits per heavy atom. The Labute approximate surface area is 201 Å². The molecule has 3 rings (SSSR count). The fourth-order valence-electron chi connectivity index (χ4n) is 4.31. The van der Waals surface area contributed by atoms with E-state index in [0.29, 0.717) is 12.7 Å². The predicted molar refractivity (Wildman–Crippen MR) is 137 cm³/mol. The second-order valence-corrected chi connectivity index (χ2v) is 9.54. The van der Waals surface area contributed by atoms with Gasteiger partial charge in [-0.25, -0.2) is 9.97 Å². The third-order valence-corrected chi connectivity index (χ3v) is 6.58. The molecule has 0 N–H and O–H groups in total. The first kappa shape index (κ1) is 25.7. The van der Waals surface area contributed by atoms with E-state index in [2.05, 4.69) is 23.8 Å². The van der Waals surface area contributed by atoms with Crippen LogP contribution in [0.15, 0.2) is 36.7 Å². The van der Waals surface area contributed by atoms with Gasteiger partial charge in [-0.3, -0.25) is 0 Å². The molecule has 2 aromatic rings. The molecule has 2 atom stereocenters. The van der Waals surface area contributed by atoms with Crippen molar-refractivity contribution in [3.63, 3.8) is 0 Å².